The third kappa shape index (κ3) is 9.09. The number of aryl methyl sites for hydroxylation is 2. The standard InChI is InChI=1S/C22H35N5O2/c23-11-3-1-6-19-9-7-17(8-10-21(24)28)13-20(19)14-22(29)25-12-4-2-5-18-15-26-27-16-18/h7,9,13,15,18,27H,1-6,8,10-12,14,16,23H2,(H2,24,28)(H,25,29). The van der Waals surface area contributed by atoms with Gasteiger partial charge < -0.3 is 22.2 Å². The van der Waals surface area contributed by atoms with Crippen molar-refractivity contribution in [1.82, 2.24) is 10.7 Å². The number of unbranched alkanes of at least 4 members (excludes halogenated alkanes) is 2. The van der Waals surface area contributed by atoms with Crippen LogP contribution in [0.15, 0.2) is 23.3 Å². The largest absolute Gasteiger partial charge is 0.370 e. The molecule has 0 aliphatic carbocycles. The number of hydrogen-bond donors (Lipinski definition) is 4. The minimum absolute atomic E-state index is 0.0428. The molecular formula is C22H35N5O2. The highest BCUT2D eigenvalue weighted by Gasteiger charge is 2.11. The van der Waals surface area contributed by atoms with Crippen molar-refractivity contribution in [2.75, 3.05) is 19.6 Å². The highest BCUT2D eigenvalue weighted by Crippen LogP contribution is 2.17. The van der Waals surface area contributed by atoms with Gasteiger partial charge in [-0.1, -0.05) is 24.6 Å². The number of amides is 2. The summed E-state index contributed by atoms with van der Waals surface area (Å²) < 4.78 is 0. The van der Waals surface area contributed by atoms with Crippen molar-refractivity contribution >= 4 is 18.0 Å². The Hall–Kier alpha value is -2.41. The van der Waals surface area contributed by atoms with E-state index in [1.54, 1.807) is 0 Å². The van der Waals surface area contributed by atoms with Gasteiger partial charge in [0, 0.05) is 31.6 Å². The minimum atomic E-state index is -0.309. The number of nitrogens with zero attached hydrogens (tertiary/aromatic N) is 1. The topological polar surface area (TPSA) is 123 Å². The molecule has 0 bridgehead atoms. The van der Waals surface area contributed by atoms with Crippen molar-refractivity contribution in [3.05, 3.63) is 34.9 Å². The van der Waals surface area contributed by atoms with Gasteiger partial charge in [-0.3, -0.25) is 9.59 Å². The van der Waals surface area contributed by atoms with Crippen LogP contribution in [0.5, 0.6) is 0 Å². The van der Waals surface area contributed by atoms with Gasteiger partial charge in [0.2, 0.25) is 11.8 Å². The summed E-state index contributed by atoms with van der Waals surface area (Å²) in [4.78, 5) is 23.5. The molecule has 7 nitrogen and oxygen atoms in total. The van der Waals surface area contributed by atoms with Crippen LogP contribution in [-0.4, -0.2) is 37.7 Å². The van der Waals surface area contributed by atoms with E-state index in [4.69, 9.17) is 11.5 Å². The lowest BCUT2D eigenvalue weighted by molar-refractivity contribution is -0.120. The molecule has 0 aromatic heterocycles. The number of carbonyl (C=O) groups is 2. The number of hydrazone groups is 1. The molecular weight excluding hydrogens is 366 g/mol. The SMILES string of the molecule is NCCCCc1ccc(CCC(N)=O)cc1CC(=O)NCCCCC1C=NNC1. The van der Waals surface area contributed by atoms with Crippen molar-refractivity contribution in [2.24, 2.45) is 22.5 Å². The zero-order chi connectivity index (χ0) is 20.9. The lowest BCUT2D eigenvalue weighted by atomic mass is 9.95. The van der Waals surface area contributed by atoms with Crippen molar-refractivity contribution in [1.29, 1.82) is 0 Å². The van der Waals surface area contributed by atoms with Crippen LogP contribution in [0.25, 0.3) is 0 Å². The third-order valence-corrected chi connectivity index (χ3v) is 5.24. The molecule has 0 saturated heterocycles. The molecule has 29 heavy (non-hydrogen) atoms. The number of carbonyl (C=O) groups excluding carboxylic acids is 2. The quantitative estimate of drug-likeness (QED) is 0.352. The van der Waals surface area contributed by atoms with Gasteiger partial charge in [-0.15, -0.1) is 0 Å². The van der Waals surface area contributed by atoms with Crippen molar-refractivity contribution in [3.8, 4) is 0 Å². The fraction of sp³-hybridized carbons (Fsp3) is 0.591. The summed E-state index contributed by atoms with van der Waals surface area (Å²) in [5.41, 5.74) is 17.1. The Morgan fingerprint density at radius 1 is 1.14 bits per heavy atom. The van der Waals surface area contributed by atoms with Gasteiger partial charge in [-0.05, 0) is 61.8 Å². The van der Waals surface area contributed by atoms with Gasteiger partial charge in [0.1, 0.15) is 0 Å². The molecule has 2 rings (SSSR count). The molecule has 0 radical (unpaired) electrons. The van der Waals surface area contributed by atoms with E-state index in [1.807, 2.05) is 18.3 Å². The van der Waals surface area contributed by atoms with Crippen LogP contribution in [0.1, 0.15) is 55.2 Å². The average molecular weight is 402 g/mol. The predicted molar refractivity (Wildman–Crippen MR) is 116 cm³/mol. The summed E-state index contributed by atoms with van der Waals surface area (Å²) in [6.45, 7) is 2.29. The van der Waals surface area contributed by atoms with Crippen LogP contribution in [0.2, 0.25) is 0 Å². The zero-order valence-electron chi connectivity index (χ0n) is 17.3. The number of hydrogen-bond acceptors (Lipinski definition) is 5. The maximum Gasteiger partial charge on any atom is 0.224 e. The van der Waals surface area contributed by atoms with Gasteiger partial charge in [0.05, 0.1) is 6.42 Å². The number of nitrogens with two attached hydrogens (primary N) is 2. The molecule has 0 saturated carbocycles. The normalized spacial score (nSPS) is 15.3. The first kappa shape index (κ1) is 22.9. The average Bonchev–Trinajstić information content (AvgIpc) is 3.21. The van der Waals surface area contributed by atoms with Crippen LogP contribution in [0.4, 0.5) is 0 Å². The molecule has 1 aromatic rings. The monoisotopic (exact) mass is 401 g/mol. The highest BCUT2D eigenvalue weighted by molar-refractivity contribution is 5.79. The van der Waals surface area contributed by atoms with E-state index in [2.05, 4.69) is 21.9 Å². The first-order valence-corrected chi connectivity index (χ1v) is 10.7. The van der Waals surface area contributed by atoms with Crippen LogP contribution >= 0.6 is 0 Å². The Morgan fingerprint density at radius 3 is 2.72 bits per heavy atom. The Bertz CT molecular complexity index is 690. The second-order valence-electron chi connectivity index (χ2n) is 7.74. The smallest absolute Gasteiger partial charge is 0.224 e. The van der Waals surface area contributed by atoms with Crippen LogP contribution in [-0.2, 0) is 28.9 Å². The molecule has 7 heteroatoms. The summed E-state index contributed by atoms with van der Waals surface area (Å²) >= 11 is 0. The number of nitrogens with one attached hydrogen (secondary N) is 2. The molecule has 160 valence electrons. The second-order valence-corrected chi connectivity index (χ2v) is 7.74. The van der Waals surface area contributed by atoms with Gasteiger partial charge >= 0.3 is 0 Å². The van der Waals surface area contributed by atoms with E-state index >= 15 is 0 Å². The first-order chi connectivity index (χ1) is 14.1. The van der Waals surface area contributed by atoms with E-state index < -0.39 is 0 Å². The fourth-order valence-corrected chi connectivity index (χ4v) is 3.52. The van der Waals surface area contributed by atoms with E-state index in [9.17, 15) is 9.59 Å². The summed E-state index contributed by atoms with van der Waals surface area (Å²) in [5, 5.41) is 7.06. The Labute approximate surface area is 173 Å². The number of rotatable bonds is 14. The molecule has 1 aromatic carbocycles. The predicted octanol–water partition coefficient (Wildman–Crippen LogP) is 1.42. The van der Waals surface area contributed by atoms with E-state index in [1.165, 1.54) is 5.56 Å². The first-order valence-electron chi connectivity index (χ1n) is 10.7. The van der Waals surface area contributed by atoms with Crippen LogP contribution < -0.4 is 22.2 Å². The molecule has 1 atom stereocenters. The van der Waals surface area contributed by atoms with E-state index in [-0.39, 0.29) is 11.8 Å². The summed E-state index contributed by atoms with van der Waals surface area (Å²) in [5.74, 6) is 0.252. The van der Waals surface area contributed by atoms with Crippen LogP contribution in [0, 0.1) is 5.92 Å². The summed E-state index contributed by atoms with van der Waals surface area (Å²) in [6, 6.07) is 6.16. The molecule has 0 fully saturated rings. The molecule has 6 N–H and O–H groups in total. The molecule has 1 unspecified atom stereocenters. The lowest BCUT2D eigenvalue weighted by Gasteiger charge is -2.13. The fourth-order valence-electron chi connectivity index (χ4n) is 3.52. The van der Waals surface area contributed by atoms with Crippen molar-refractivity contribution in [2.45, 2.75) is 57.8 Å². The Balaban J connectivity index is 1.83. The zero-order valence-corrected chi connectivity index (χ0v) is 17.3. The molecule has 1 heterocycles. The Morgan fingerprint density at radius 2 is 2.00 bits per heavy atom. The van der Waals surface area contributed by atoms with Gasteiger partial charge in [-0.2, -0.15) is 5.10 Å². The van der Waals surface area contributed by atoms with Gasteiger partial charge in [0.15, 0.2) is 0 Å². The summed E-state index contributed by atoms with van der Waals surface area (Å²) in [7, 11) is 0. The molecule has 1 aliphatic rings. The Kier molecular flexibility index (Phi) is 10.2. The molecule has 0 spiro atoms. The van der Waals surface area contributed by atoms with Crippen LogP contribution in [0.3, 0.4) is 0 Å². The molecule has 1 aliphatic heterocycles. The highest BCUT2D eigenvalue weighted by atomic mass is 16.1. The lowest BCUT2D eigenvalue weighted by Crippen LogP contribution is -2.26. The summed E-state index contributed by atoms with van der Waals surface area (Å²) in [6.07, 6.45) is 9.28. The van der Waals surface area contributed by atoms with Crippen molar-refractivity contribution < 1.29 is 9.59 Å². The van der Waals surface area contributed by atoms with Gasteiger partial charge in [0.25, 0.3) is 0 Å². The minimum Gasteiger partial charge on any atom is -0.370 e. The molecule has 2 amide bonds. The second kappa shape index (κ2) is 12.9. The van der Waals surface area contributed by atoms with Crippen molar-refractivity contribution in [3.63, 3.8) is 0 Å². The maximum absolute atomic E-state index is 12.5. The number of primary amides is 1. The third-order valence-electron chi connectivity index (χ3n) is 5.24. The van der Waals surface area contributed by atoms with E-state index in [0.29, 0.717) is 38.3 Å². The van der Waals surface area contributed by atoms with Gasteiger partial charge in [-0.25, -0.2) is 0 Å². The van der Waals surface area contributed by atoms with E-state index in [0.717, 1.165) is 56.2 Å². The maximum atomic E-state index is 12.5. The number of benzene rings is 1.